The zero-order chi connectivity index (χ0) is 18.4. The molecule has 0 unspecified atom stereocenters. The first-order valence-electron chi connectivity index (χ1n) is 8.94. The number of aryl methyl sites for hydroxylation is 2. The Morgan fingerprint density at radius 1 is 1.12 bits per heavy atom. The van der Waals surface area contributed by atoms with Crippen LogP contribution in [0.5, 0.6) is 0 Å². The lowest BCUT2D eigenvalue weighted by atomic mass is 10.0. The van der Waals surface area contributed by atoms with Crippen LogP contribution in [0.1, 0.15) is 24.5 Å². The standard InChI is InChI=1S/C20H24N4OS/c1-2-15-8-3-5-11-17(15)21-20(26)23-22-19(25)14-24-13-7-10-16-9-4-6-12-18(16)24/h3-6,8-9,11-12H,2,7,10,13-14H2,1H3,(H,22,25)(H2,21,23,26). The van der Waals surface area contributed by atoms with Gasteiger partial charge in [-0.05, 0) is 54.7 Å². The van der Waals surface area contributed by atoms with Crippen molar-refractivity contribution in [1.82, 2.24) is 10.9 Å². The smallest absolute Gasteiger partial charge is 0.257 e. The van der Waals surface area contributed by atoms with E-state index in [4.69, 9.17) is 12.2 Å². The molecule has 2 aromatic carbocycles. The third kappa shape index (κ3) is 4.52. The van der Waals surface area contributed by atoms with E-state index in [0.717, 1.165) is 37.2 Å². The predicted octanol–water partition coefficient (Wildman–Crippen LogP) is 3.02. The first-order valence-corrected chi connectivity index (χ1v) is 9.35. The van der Waals surface area contributed by atoms with Crippen LogP contribution in [-0.4, -0.2) is 24.1 Å². The summed E-state index contributed by atoms with van der Waals surface area (Å²) in [5, 5.41) is 3.50. The number of nitrogens with one attached hydrogen (secondary N) is 3. The molecule has 0 aliphatic carbocycles. The van der Waals surface area contributed by atoms with Crippen LogP contribution in [0.3, 0.4) is 0 Å². The number of benzene rings is 2. The minimum Gasteiger partial charge on any atom is -0.362 e. The molecular weight excluding hydrogens is 344 g/mol. The molecule has 2 aromatic rings. The van der Waals surface area contributed by atoms with Gasteiger partial charge in [0.05, 0.1) is 6.54 Å². The van der Waals surface area contributed by atoms with E-state index >= 15 is 0 Å². The van der Waals surface area contributed by atoms with E-state index in [2.05, 4.69) is 46.2 Å². The maximum atomic E-state index is 12.3. The molecule has 0 saturated carbocycles. The van der Waals surface area contributed by atoms with Crippen molar-refractivity contribution in [1.29, 1.82) is 0 Å². The number of carbonyl (C=O) groups is 1. The highest BCUT2D eigenvalue weighted by molar-refractivity contribution is 7.80. The highest BCUT2D eigenvalue weighted by Crippen LogP contribution is 2.26. The van der Waals surface area contributed by atoms with Crippen molar-refractivity contribution in [3.63, 3.8) is 0 Å². The number of fused-ring (bicyclic) bond motifs is 1. The zero-order valence-corrected chi connectivity index (χ0v) is 15.7. The van der Waals surface area contributed by atoms with Crippen molar-refractivity contribution in [3.8, 4) is 0 Å². The number of carbonyl (C=O) groups excluding carboxylic acids is 1. The molecule has 0 aromatic heterocycles. The van der Waals surface area contributed by atoms with Crippen LogP contribution < -0.4 is 21.1 Å². The van der Waals surface area contributed by atoms with Gasteiger partial charge in [-0.1, -0.05) is 43.3 Å². The Bertz CT molecular complexity index is 793. The summed E-state index contributed by atoms with van der Waals surface area (Å²) < 4.78 is 0. The summed E-state index contributed by atoms with van der Waals surface area (Å²) in [6.45, 7) is 3.28. The zero-order valence-electron chi connectivity index (χ0n) is 14.9. The number of thiocarbonyl (C=S) groups is 1. The first kappa shape index (κ1) is 18.2. The highest BCUT2D eigenvalue weighted by Gasteiger charge is 2.18. The van der Waals surface area contributed by atoms with Crippen LogP contribution >= 0.6 is 12.2 Å². The lowest BCUT2D eigenvalue weighted by molar-refractivity contribution is -0.120. The monoisotopic (exact) mass is 368 g/mol. The molecule has 3 N–H and O–H groups in total. The SMILES string of the molecule is CCc1ccccc1NC(=S)NNC(=O)CN1CCCc2ccccc21. The summed E-state index contributed by atoms with van der Waals surface area (Å²) in [6.07, 6.45) is 3.04. The van der Waals surface area contributed by atoms with Crippen molar-refractivity contribution >= 4 is 34.6 Å². The Morgan fingerprint density at radius 3 is 2.73 bits per heavy atom. The molecule has 1 heterocycles. The van der Waals surface area contributed by atoms with Crippen LogP contribution in [0.2, 0.25) is 0 Å². The number of hydrogen-bond acceptors (Lipinski definition) is 3. The van der Waals surface area contributed by atoms with E-state index in [1.54, 1.807) is 0 Å². The van der Waals surface area contributed by atoms with Crippen LogP contribution in [0.15, 0.2) is 48.5 Å². The summed E-state index contributed by atoms with van der Waals surface area (Å²) in [4.78, 5) is 14.4. The van der Waals surface area contributed by atoms with Crippen molar-refractivity contribution < 1.29 is 4.79 Å². The van der Waals surface area contributed by atoms with Crippen molar-refractivity contribution in [3.05, 3.63) is 59.7 Å². The molecule has 3 rings (SSSR count). The number of hydrogen-bond donors (Lipinski definition) is 3. The molecule has 5 nitrogen and oxygen atoms in total. The van der Waals surface area contributed by atoms with Crippen LogP contribution in [0, 0.1) is 0 Å². The van der Waals surface area contributed by atoms with E-state index < -0.39 is 0 Å². The number of hydrazine groups is 1. The van der Waals surface area contributed by atoms with Gasteiger partial charge in [0.2, 0.25) is 0 Å². The first-order chi connectivity index (χ1) is 12.7. The number of nitrogens with zero attached hydrogens (tertiary/aromatic N) is 1. The lowest BCUT2D eigenvalue weighted by Crippen LogP contribution is -2.48. The maximum absolute atomic E-state index is 12.3. The second-order valence-electron chi connectivity index (χ2n) is 6.29. The van der Waals surface area contributed by atoms with Crippen molar-refractivity contribution in [2.75, 3.05) is 23.3 Å². The van der Waals surface area contributed by atoms with Gasteiger partial charge in [-0.3, -0.25) is 15.6 Å². The van der Waals surface area contributed by atoms with E-state index in [0.29, 0.717) is 11.7 Å². The fourth-order valence-electron chi connectivity index (χ4n) is 3.22. The second-order valence-corrected chi connectivity index (χ2v) is 6.70. The summed E-state index contributed by atoms with van der Waals surface area (Å²) >= 11 is 5.28. The van der Waals surface area contributed by atoms with Crippen LogP contribution in [-0.2, 0) is 17.6 Å². The summed E-state index contributed by atoms with van der Waals surface area (Å²) in [5.74, 6) is -0.116. The summed E-state index contributed by atoms with van der Waals surface area (Å²) in [5.41, 5.74) is 10.0. The molecule has 0 fully saturated rings. The quantitative estimate of drug-likeness (QED) is 0.572. The molecule has 136 valence electrons. The van der Waals surface area contributed by atoms with Crippen molar-refractivity contribution in [2.24, 2.45) is 0 Å². The van der Waals surface area contributed by atoms with Gasteiger partial charge in [0.15, 0.2) is 5.11 Å². The minimum atomic E-state index is -0.116. The molecule has 6 heteroatoms. The average molecular weight is 369 g/mol. The molecule has 0 bridgehead atoms. The Balaban J connectivity index is 1.51. The molecule has 0 saturated heterocycles. The third-order valence-electron chi connectivity index (χ3n) is 4.50. The number of anilines is 2. The Hall–Kier alpha value is -2.60. The lowest BCUT2D eigenvalue weighted by Gasteiger charge is -2.30. The van der Waals surface area contributed by atoms with Gasteiger partial charge >= 0.3 is 0 Å². The van der Waals surface area contributed by atoms with Gasteiger partial charge < -0.3 is 10.2 Å². The molecule has 0 atom stereocenters. The molecule has 1 aliphatic rings. The number of para-hydroxylation sites is 2. The average Bonchev–Trinajstić information content (AvgIpc) is 2.67. The van der Waals surface area contributed by atoms with Crippen LogP contribution in [0.25, 0.3) is 0 Å². The minimum absolute atomic E-state index is 0.116. The molecule has 1 aliphatic heterocycles. The van der Waals surface area contributed by atoms with Crippen molar-refractivity contribution in [2.45, 2.75) is 26.2 Å². The number of amides is 1. The molecule has 0 spiro atoms. The van der Waals surface area contributed by atoms with E-state index in [-0.39, 0.29) is 5.91 Å². The third-order valence-corrected chi connectivity index (χ3v) is 4.71. The van der Waals surface area contributed by atoms with E-state index in [9.17, 15) is 4.79 Å². The molecule has 0 radical (unpaired) electrons. The summed E-state index contributed by atoms with van der Waals surface area (Å²) in [7, 11) is 0. The fourth-order valence-corrected chi connectivity index (χ4v) is 3.38. The van der Waals surface area contributed by atoms with Gasteiger partial charge in [0.1, 0.15) is 0 Å². The van der Waals surface area contributed by atoms with E-state index in [1.807, 2.05) is 30.3 Å². The van der Waals surface area contributed by atoms with Crippen LogP contribution in [0.4, 0.5) is 11.4 Å². The topological polar surface area (TPSA) is 56.4 Å². The van der Waals surface area contributed by atoms with Gasteiger partial charge in [-0.2, -0.15) is 0 Å². The molecular formula is C20H24N4OS. The molecule has 1 amide bonds. The highest BCUT2D eigenvalue weighted by atomic mass is 32.1. The second kappa shape index (κ2) is 8.67. The Kier molecular flexibility index (Phi) is 6.07. The normalized spacial score (nSPS) is 12.9. The largest absolute Gasteiger partial charge is 0.362 e. The Labute approximate surface area is 159 Å². The van der Waals surface area contributed by atoms with Gasteiger partial charge in [-0.15, -0.1) is 0 Å². The fraction of sp³-hybridized carbons (Fsp3) is 0.300. The van der Waals surface area contributed by atoms with Gasteiger partial charge in [-0.25, -0.2) is 0 Å². The summed E-state index contributed by atoms with van der Waals surface area (Å²) in [6, 6.07) is 16.2. The Morgan fingerprint density at radius 2 is 1.88 bits per heavy atom. The predicted molar refractivity (Wildman–Crippen MR) is 110 cm³/mol. The number of rotatable bonds is 4. The molecule has 26 heavy (non-hydrogen) atoms. The van der Waals surface area contributed by atoms with E-state index in [1.165, 1.54) is 11.1 Å². The van der Waals surface area contributed by atoms with Gasteiger partial charge in [0.25, 0.3) is 5.91 Å². The van der Waals surface area contributed by atoms with Gasteiger partial charge in [0, 0.05) is 17.9 Å². The maximum Gasteiger partial charge on any atom is 0.257 e.